The molecule has 2 rings (SSSR count). The molecule has 5 heteroatoms. The third kappa shape index (κ3) is 2.61. The van der Waals surface area contributed by atoms with Crippen molar-refractivity contribution in [3.63, 3.8) is 0 Å². The van der Waals surface area contributed by atoms with E-state index in [0.717, 1.165) is 10.8 Å². The summed E-state index contributed by atoms with van der Waals surface area (Å²) < 4.78 is 32.2. The van der Waals surface area contributed by atoms with Gasteiger partial charge < -0.3 is 4.55 Å². The van der Waals surface area contributed by atoms with Crippen LogP contribution in [-0.4, -0.2) is 13.0 Å². The summed E-state index contributed by atoms with van der Waals surface area (Å²) >= 11 is 0. The van der Waals surface area contributed by atoms with Crippen molar-refractivity contribution < 1.29 is 31.8 Å². The molecular weight excluding hydrogens is 207 g/mol. The average molecular weight is 214 g/mol. The van der Waals surface area contributed by atoms with Crippen LogP contribution in [0.5, 0.6) is 0 Å². The number of benzene rings is 2. The molecule has 0 spiro atoms. The van der Waals surface area contributed by atoms with Crippen molar-refractivity contribution in [2.75, 3.05) is 0 Å². The normalized spacial score (nSPS) is 11.0. The molecule has 0 fully saturated rings. The van der Waals surface area contributed by atoms with Crippen LogP contribution < -0.4 is 18.9 Å². The topological polar surface area (TPSA) is 57.2 Å². The largest absolute Gasteiger partial charge is 1.00 e. The van der Waals surface area contributed by atoms with Crippen molar-refractivity contribution in [3.8, 4) is 0 Å². The second-order valence-electron chi connectivity index (χ2n) is 2.96. The van der Waals surface area contributed by atoms with Crippen LogP contribution in [0, 0.1) is 0 Å². The van der Waals surface area contributed by atoms with Crippen molar-refractivity contribution in [1.82, 2.24) is 0 Å². The molecule has 72 valence electrons. The van der Waals surface area contributed by atoms with E-state index >= 15 is 0 Å². The molecule has 0 aliphatic heterocycles. The maximum Gasteiger partial charge on any atom is 1.00 e. The second-order valence-corrected chi connectivity index (χ2v) is 4.34. The van der Waals surface area contributed by atoms with Crippen molar-refractivity contribution in [2.45, 2.75) is 4.90 Å². The van der Waals surface area contributed by atoms with E-state index in [-0.39, 0.29) is 23.8 Å². The molecule has 15 heavy (non-hydrogen) atoms. The number of rotatable bonds is 1. The van der Waals surface area contributed by atoms with Gasteiger partial charge in [0.05, 0.1) is 4.90 Å². The van der Waals surface area contributed by atoms with Crippen molar-refractivity contribution in [2.24, 2.45) is 0 Å². The van der Waals surface area contributed by atoms with E-state index in [0.29, 0.717) is 0 Å². The van der Waals surface area contributed by atoms with Crippen LogP contribution >= 0.6 is 0 Å². The minimum atomic E-state index is -4.34. The van der Waals surface area contributed by atoms with Crippen LogP contribution in [0.2, 0.25) is 0 Å². The van der Waals surface area contributed by atoms with Gasteiger partial charge in [-0.05, 0) is 22.9 Å². The van der Waals surface area contributed by atoms with Gasteiger partial charge in [-0.15, -0.1) is 0 Å². The Morgan fingerprint density at radius 3 is 2.13 bits per heavy atom. The van der Waals surface area contributed by atoms with Gasteiger partial charge >= 0.3 is 18.9 Å². The van der Waals surface area contributed by atoms with Gasteiger partial charge in [0.1, 0.15) is 10.1 Å². The summed E-state index contributed by atoms with van der Waals surface area (Å²) in [6, 6.07) is 11.6. The van der Waals surface area contributed by atoms with Crippen LogP contribution in [0.25, 0.3) is 10.8 Å². The van der Waals surface area contributed by atoms with E-state index in [4.69, 9.17) is 0 Å². The Kier molecular flexibility index (Phi) is 3.58. The number of hydrogen-bond acceptors (Lipinski definition) is 3. The van der Waals surface area contributed by atoms with Gasteiger partial charge in [-0.25, -0.2) is 8.42 Å². The van der Waals surface area contributed by atoms with Crippen molar-refractivity contribution >= 4 is 20.9 Å². The van der Waals surface area contributed by atoms with Gasteiger partial charge in [0.25, 0.3) is 0 Å². The molecule has 0 amide bonds. The minimum Gasteiger partial charge on any atom is -0.744 e. The van der Waals surface area contributed by atoms with Gasteiger partial charge in [-0.1, -0.05) is 30.3 Å². The van der Waals surface area contributed by atoms with Crippen LogP contribution in [0.1, 0.15) is 0 Å². The fraction of sp³-hybridized carbons (Fsp3) is 0. The molecular formula is C10H7LiO3S. The smallest absolute Gasteiger partial charge is 0.744 e. The number of fused-ring (bicyclic) bond motifs is 1. The van der Waals surface area contributed by atoms with Gasteiger partial charge in [-0.2, -0.15) is 0 Å². The molecule has 0 radical (unpaired) electrons. The van der Waals surface area contributed by atoms with E-state index in [1.54, 1.807) is 18.2 Å². The zero-order valence-electron chi connectivity index (χ0n) is 8.17. The monoisotopic (exact) mass is 214 g/mol. The fourth-order valence-corrected chi connectivity index (χ4v) is 1.83. The number of hydrogen-bond donors (Lipinski definition) is 0. The molecule has 0 atom stereocenters. The van der Waals surface area contributed by atoms with E-state index in [1.165, 1.54) is 12.1 Å². The summed E-state index contributed by atoms with van der Waals surface area (Å²) in [5.74, 6) is 0. The van der Waals surface area contributed by atoms with Gasteiger partial charge in [-0.3, -0.25) is 0 Å². The molecule has 0 aliphatic carbocycles. The van der Waals surface area contributed by atoms with Crippen molar-refractivity contribution in [3.05, 3.63) is 42.5 Å². The molecule has 0 aliphatic rings. The fourth-order valence-electron chi connectivity index (χ4n) is 1.32. The Balaban J connectivity index is 0.00000112. The zero-order valence-corrected chi connectivity index (χ0v) is 8.99. The standard InChI is InChI=1S/C10H8O3S.Li/c11-14(12,13)10-6-5-8-3-1-2-4-9(8)7-10;/h1-7H,(H,11,12,13);/q;+1/p-1. The van der Waals surface area contributed by atoms with Gasteiger partial charge in [0.15, 0.2) is 0 Å². The molecule has 3 nitrogen and oxygen atoms in total. The molecule has 0 N–H and O–H groups in total. The van der Waals surface area contributed by atoms with E-state index < -0.39 is 10.1 Å². The predicted molar refractivity (Wildman–Crippen MR) is 51.9 cm³/mol. The first-order valence-electron chi connectivity index (χ1n) is 4.02. The third-order valence-electron chi connectivity index (χ3n) is 2.01. The average Bonchev–Trinajstić information content (AvgIpc) is 2.16. The summed E-state index contributed by atoms with van der Waals surface area (Å²) in [5, 5.41) is 1.67. The molecule has 2 aromatic rings. The van der Waals surface area contributed by atoms with Crippen LogP contribution in [0.15, 0.2) is 47.4 Å². The van der Waals surface area contributed by atoms with E-state index in [9.17, 15) is 13.0 Å². The predicted octanol–water partition coefficient (Wildman–Crippen LogP) is -1.25. The van der Waals surface area contributed by atoms with Crippen LogP contribution in [-0.2, 0) is 10.1 Å². The first-order valence-corrected chi connectivity index (χ1v) is 5.43. The Labute approximate surface area is 100 Å². The maximum absolute atomic E-state index is 10.7. The van der Waals surface area contributed by atoms with Crippen molar-refractivity contribution in [1.29, 1.82) is 0 Å². The second kappa shape index (κ2) is 4.38. The summed E-state index contributed by atoms with van der Waals surface area (Å²) in [4.78, 5) is -0.184. The molecule has 0 saturated carbocycles. The SMILES string of the molecule is O=S(=O)([O-])c1ccc2ccccc2c1.[Li+]. The Morgan fingerprint density at radius 2 is 1.53 bits per heavy atom. The molecule has 0 heterocycles. The summed E-state index contributed by atoms with van der Waals surface area (Å²) in [7, 11) is -4.34. The van der Waals surface area contributed by atoms with E-state index in [2.05, 4.69) is 0 Å². The van der Waals surface area contributed by atoms with E-state index in [1.807, 2.05) is 12.1 Å². The first-order chi connectivity index (χ1) is 6.57. The van der Waals surface area contributed by atoms with Crippen LogP contribution in [0.4, 0.5) is 0 Å². The molecule has 2 aromatic carbocycles. The quantitative estimate of drug-likeness (QED) is 0.440. The van der Waals surface area contributed by atoms with Crippen LogP contribution in [0.3, 0.4) is 0 Å². The minimum absolute atomic E-state index is 0. The summed E-state index contributed by atoms with van der Waals surface area (Å²) in [6.45, 7) is 0. The Hall–Kier alpha value is -0.793. The summed E-state index contributed by atoms with van der Waals surface area (Å²) in [5.41, 5.74) is 0. The Morgan fingerprint density at radius 1 is 0.933 bits per heavy atom. The van der Waals surface area contributed by atoms with Gasteiger partial charge in [0, 0.05) is 0 Å². The Bertz CT molecular complexity index is 578. The van der Waals surface area contributed by atoms with Gasteiger partial charge in [0.2, 0.25) is 0 Å². The zero-order chi connectivity index (χ0) is 10.2. The molecule has 0 aromatic heterocycles. The molecule has 0 bridgehead atoms. The summed E-state index contributed by atoms with van der Waals surface area (Å²) in [6.07, 6.45) is 0. The third-order valence-corrected chi connectivity index (χ3v) is 2.84. The maximum atomic E-state index is 10.7. The first kappa shape index (κ1) is 12.3. The molecule has 0 unspecified atom stereocenters. The molecule has 0 saturated heterocycles.